The van der Waals surface area contributed by atoms with Gasteiger partial charge in [0.25, 0.3) is 5.91 Å². The minimum absolute atomic E-state index is 0.0172. The minimum Gasteiger partial charge on any atom is -0.494 e. The number of hydrogen-bond acceptors (Lipinski definition) is 4. The molecule has 2 aliphatic rings. The summed E-state index contributed by atoms with van der Waals surface area (Å²) >= 11 is 0. The van der Waals surface area contributed by atoms with E-state index >= 15 is 0 Å². The highest BCUT2D eigenvalue weighted by Crippen LogP contribution is 2.36. The molecule has 2 aromatic carbocycles. The molecule has 4 rings (SSSR count). The lowest BCUT2D eigenvalue weighted by Crippen LogP contribution is -2.42. The molecule has 1 amide bonds. The van der Waals surface area contributed by atoms with E-state index in [1.54, 1.807) is 6.07 Å². The summed E-state index contributed by atoms with van der Waals surface area (Å²) in [7, 11) is 1.49. The molecule has 6 heteroatoms. The van der Waals surface area contributed by atoms with Gasteiger partial charge in [-0.2, -0.15) is 0 Å². The van der Waals surface area contributed by atoms with E-state index in [2.05, 4.69) is 28.1 Å². The van der Waals surface area contributed by atoms with Crippen LogP contribution < -0.4 is 20.7 Å². The lowest BCUT2D eigenvalue weighted by molar-refractivity contribution is 0.0929. The molecule has 0 radical (unpaired) electrons. The zero-order valence-electron chi connectivity index (χ0n) is 19.0. The molecule has 1 saturated heterocycles. The van der Waals surface area contributed by atoms with Crippen molar-refractivity contribution in [2.24, 2.45) is 0 Å². The molecule has 1 unspecified atom stereocenters. The summed E-state index contributed by atoms with van der Waals surface area (Å²) in [5.74, 6) is 0.465. The first kappa shape index (κ1) is 22.7. The fourth-order valence-electron chi connectivity index (χ4n) is 5.04. The number of amides is 1. The number of benzene rings is 2. The monoisotopic (exact) mass is 439 g/mol. The van der Waals surface area contributed by atoms with Gasteiger partial charge in [-0.25, -0.2) is 4.39 Å². The van der Waals surface area contributed by atoms with Crippen LogP contribution in [0.3, 0.4) is 0 Å². The molecule has 3 N–H and O–H groups in total. The van der Waals surface area contributed by atoms with Gasteiger partial charge in [0.2, 0.25) is 0 Å². The summed E-state index contributed by atoms with van der Waals surface area (Å²) in [6.45, 7) is 3.93. The smallest absolute Gasteiger partial charge is 0.251 e. The Balaban J connectivity index is 1.31. The zero-order valence-corrected chi connectivity index (χ0v) is 19.0. The number of carbonyl (C=O) groups is 1. The van der Waals surface area contributed by atoms with E-state index in [4.69, 9.17) is 4.74 Å². The number of carbonyl (C=O) groups excluding carboxylic acids is 1. The lowest BCUT2D eigenvalue weighted by Gasteiger charge is -2.23. The van der Waals surface area contributed by atoms with Gasteiger partial charge in [-0.15, -0.1) is 0 Å². The second kappa shape index (κ2) is 10.5. The van der Waals surface area contributed by atoms with Crippen molar-refractivity contribution in [2.45, 2.75) is 63.1 Å². The van der Waals surface area contributed by atoms with Crippen LogP contribution in [-0.2, 0) is 0 Å². The minimum atomic E-state index is -0.289. The Kier molecular flexibility index (Phi) is 7.43. The summed E-state index contributed by atoms with van der Waals surface area (Å²) in [6, 6.07) is 13.9. The standard InChI is InChI=1S/C26H34FN3O2/c1-17(23-4-3-5-24(32-2)25(23)27)29-22-11-10-20(16-22)18-6-8-19(9-7-18)26(31)30-21-12-14-28-15-13-21/h3-9,17,20-22,28-29H,10-16H2,1-2H3,(H,30,31)/t17-,20+,22?/m1/s1. The van der Waals surface area contributed by atoms with Crippen molar-refractivity contribution in [3.8, 4) is 5.75 Å². The molecule has 5 nitrogen and oxygen atoms in total. The Morgan fingerprint density at radius 3 is 2.53 bits per heavy atom. The van der Waals surface area contributed by atoms with Crippen molar-refractivity contribution in [3.05, 3.63) is 65.0 Å². The predicted molar refractivity (Wildman–Crippen MR) is 125 cm³/mol. The first-order valence-corrected chi connectivity index (χ1v) is 11.7. The number of ether oxygens (including phenoxy) is 1. The molecule has 3 atom stereocenters. The summed E-state index contributed by atoms with van der Waals surface area (Å²) in [5.41, 5.74) is 2.63. The Hall–Kier alpha value is -2.44. The molecule has 1 aliphatic carbocycles. The maximum atomic E-state index is 14.6. The maximum absolute atomic E-state index is 14.6. The molecular formula is C26H34FN3O2. The third kappa shape index (κ3) is 5.30. The van der Waals surface area contributed by atoms with E-state index in [1.807, 2.05) is 31.2 Å². The van der Waals surface area contributed by atoms with Crippen molar-refractivity contribution < 1.29 is 13.9 Å². The number of piperidine rings is 1. The van der Waals surface area contributed by atoms with Crippen molar-refractivity contribution in [1.29, 1.82) is 0 Å². The molecule has 0 bridgehead atoms. The summed E-state index contributed by atoms with van der Waals surface area (Å²) in [6.07, 6.45) is 5.12. The largest absolute Gasteiger partial charge is 0.494 e. The Labute approximate surface area is 190 Å². The third-order valence-electron chi connectivity index (χ3n) is 6.92. The average Bonchev–Trinajstić information content (AvgIpc) is 3.28. The van der Waals surface area contributed by atoms with Crippen LogP contribution in [0.25, 0.3) is 0 Å². The van der Waals surface area contributed by atoms with Crippen LogP contribution in [-0.4, -0.2) is 38.2 Å². The van der Waals surface area contributed by atoms with Crippen molar-refractivity contribution >= 4 is 5.91 Å². The van der Waals surface area contributed by atoms with Gasteiger partial charge in [0.15, 0.2) is 11.6 Å². The third-order valence-corrected chi connectivity index (χ3v) is 6.92. The van der Waals surface area contributed by atoms with E-state index in [1.165, 1.54) is 12.7 Å². The normalized spacial score (nSPS) is 22.5. The Bertz CT molecular complexity index is 912. The van der Waals surface area contributed by atoms with Gasteiger partial charge < -0.3 is 20.7 Å². The van der Waals surface area contributed by atoms with Crippen LogP contribution >= 0.6 is 0 Å². The van der Waals surface area contributed by atoms with E-state index < -0.39 is 0 Å². The van der Waals surface area contributed by atoms with Crippen LogP contribution in [0.2, 0.25) is 0 Å². The highest BCUT2D eigenvalue weighted by molar-refractivity contribution is 5.94. The van der Waals surface area contributed by atoms with E-state index in [9.17, 15) is 9.18 Å². The summed E-state index contributed by atoms with van der Waals surface area (Å²) < 4.78 is 19.7. The van der Waals surface area contributed by atoms with Crippen LogP contribution in [0.15, 0.2) is 42.5 Å². The second-order valence-electron chi connectivity index (χ2n) is 9.08. The zero-order chi connectivity index (χ0) is 22.5. The van der Waals surface area contributed by atoms with Crippen LogP contribution in [0, 0.1) is 5.82 Å². The fourth-order valence-corrected chi connectivity index (χ4v) is 5.04. The molecule has 1 heterocycles. The Morgan fingerprint density at radius 2 is 1.81 bits per heavy atom. The number of methoxy groups -OCH3 is 1. The molecule has 0 spiro atoms. The van der Waals surface area contributed by atoms with Crippen molar-refractivity contribution in [2.75, 3.05) is 20.2 Å². The number of halogens is 1. The number of nitrogens with one attached hydrogen (secondary N) is 3. The Morgan fingerprint density at radius 1 is 1.06 bits per heavy atom. The van der Waals surface area contributed by atoms with E-state index in [-0.39, 0.29) is 29.6 Å². The van der Waals surface area contributed by atoms with Gasteiger partial charge in [0, 0.05) is 29.3 Å². The first-order valence-electron chi connectivity index (χ1n) is 11.7. The van der Waals surface area contributed by atoms with Gasteiger partial charge in [-0.3, -0.25) is 4.79 Å². The van der Waals surface area contributed by atoms with Gasteiger partial charge in [-0.05, 0) is 81.8 Å². The van der Waals surface area contributed by atoms with E-state index in [0.717, 1.165) is 50.8 Å². The fraction of sp³-hybridized carbons (Fsp3) is 0.500. The maximum Gasteiger partial charge on any atom is 0.251 e. The first-order chi connectivity index (χ1) is 15.5. The molecule has 2 aromatic rings. The summed E-state index contributed by atoms with van der Waals surface area (Å²) in [4.78, 5) is 12.5. The lowest BCUT2D eigenvalue weighted by atomic mass is 9.96. The molecule has 32 heavy (non-hydrogen) atoms. The van der Waals surface area contributed by atoms with Gasteiger partial charge >= 0.3 is 0 Å². The van der Waals surface area contributed by atoms with Crippen LogP contribution in [0.4, 0.5) is 4.39 Å². The van der Waals surface area contributed by atoms with Crippen molar-refractivity contribution in [3.63, 3.8) is 0 Å². The van der Waals surface area contributed by atoms with Gasteiger partial charge in [-0.1, -0.05) is 24.3 Å². The highest BCUT2D eigenvalue weighted by Gasteiger charge is 2.28. The average molecular weight is 440 g/mol. The van der Waals surface area contributed by atoms with Gasteiger partial charge in [0.1, 0.15) is 0 Å². The number of rotatable bonds is 7. The quantitative estimate of drug-likeness (QED) is 0.602. The van der Waals surface area contributed by atoms with Crippen LogP contribution in [0.1, 0.15) is 72.5 Å². The van der Waals surface area contributed by atoms with Crippen LogP contribution in [0.5, 0.6) is 5.75 Å². The second-order valence-corrected chi connectivity index (χ2v) is 9.08. The molecule has 1 saturated carbocycles. The highest BCUT2D eigenvalue weighted by atomic mass is 19.1. The van der Waals surface area contributed by atoms with E-state index in [0.29, 0.717) is 17.5 Å². The molecule has 0 aromatic heterocycles. The topological polar surface area (TPSA) is 62.4 Å². The summed E-state index contributed by atoms with van der Waals surface area (Å²) in [5, 5.41) is 10.1. The van der Waals surface area contributed by atoms with Crippen molar-refractivity contribution in [1.82, 2.24) is 16.0 Å². The number of hydrogen-bond donors (Lipinski definition) is 3. The van der Waals surface area contributed by atoms with Gasteiger partial charge in [0.05, 0.1) is 7.11 Å². The molecule has 172 valence electrons. The molecular weight excluding hydrogens is 405 g/mol. The predicted octanol–water partition coefficient (Wildman–Crippen LogP) is 4.30. The molecule has 1 aliphatic heterocycles. The molecule has 2 fully saturated rings. The SMILES string of the molecule is COc1cccc([C@@H](C)NC2CC[C@H](c3ccc(C(=O)NC4CCNCC4)cc3)C2)c1F.